The van der Waals surface area contributed by atoms with Gasteiger partial charge in [0.1, 0.15) is 0 Å². The molecule has 18 heavy (non-hydrogen) atoms. The molecule has 1 unspecified atom stereocenters. The van der Waals surface area contributed by atoms with Crippen molar-refractivity contribution in [2.75, 3.05) is 14.1 Å². The number of hydrogen-bond donors (Lipinski definition) is 3. The number of aromatic amines is 1. The Balaban J connectivity index is 2.08. The van der Waals surface area contributed by atoms with Gasteiger partial charge in [0.05, 0.1) is 17.4 Å². The molecule has 6 heteroatoms. The summed E-state index contributed by atoms with van der Waals surface area (Å²) in [6, 6.07) is 5.40. The standard InChI is InChI=1S/C12H17N5O/c1-17(2)16-12(18)6-9(13)8-3-4-10-11(5-8)15-7-14-10/h3-5,7,9H,6,13H2,1-2H3,(H,14,15)(H,16,18). The average Bonchev–Trinajstić information content (AvgIpc) is 2.74. The number of amides is 1. The number of hydrazine groups is 1. The van der Waals surface area contributed by atoms with E-state index >= 15 is 0 Å². The quantitative estimate of drug-likeness (QED) is 0.688. The van der Waals surface area contributed by atoms with Crippen molar-refractivity contribution >= 4 is 16.9 Å². The third kappa shape index (κ3) is 2.85. The fourth-order valence-corrected chi connectivity index (χ4v) is 1.80. The van der Waals surface area contributed by atoms with Crippen LogP contribution >= 0.6 is 0 Å². The molecular formula is C12H17N5O. The normalized spacial score (nSPS) is 12.9. The van der Waals surface area contributed by atoms with E-state index in [-0.39, 0.29) is 18.4 Å². The van der Waals surface area contributed by atoms with Crippen LogP contribution in [-0.4, -0.2) is 35.0 Å². The molecule has 0 aliphatic heterocycles. The number of nitrogens with two attached hydrogens (primary N) is 1. The monoisotopic (exact) mass is 247 g/mol. The van der Waals surface area contributed by atoms with Crippen LogP contribution in [0.15, 0.2) is 24.5 Å². The summed E-state index contributed by atoms with van der Waals surface area (Å²) in [7, 11) is 3.53. The lowest BCUT2D eigenvalue weighted by atomic mass is 10.0. The van der Waals surface area contributed by atoms with Crippen LogP contribution in [0.25, 0.3) is 11.0 Å². The molecule has 0 bridgehead atoms. The number of rotatable bonds is 4. The summed E-state index contributed by atoms with van der Waals surface area (Å²) in [5, 5.41) is 1.60. The summed E-state index contributed by atoms with van der Waals surface area (Å²) in [4.78, 5) is 18.8. The van der Waals surface area contributed by atoms with Crippen molar-refractivity contribution in [3.8, 4) is 0 Å². The van der Waals surface area contributed by atoms with E-state index in [1.165, 1.54) is 0 Å². The van der Waals surface area contributed by atoms with Crippen LogP contribution in [0.5, 0.6) is 0 Å². The van der Waals surface area contributed by atoms with E-state index in [2.05, 4.69) is 15.4 Å². The van der Waals surface area contributed by atoms with Crippen molar-refractivity contribution in [2.24, 2.45) is 5.73 Å². The fourth-order valence-electron chi connectivity index (χ4n) is 1.80. The number of nitrogens with zero attached hydrogens (tertiary/aromatic N) is 2. The summed E-state index contributed by atoms with van der Waals surface area (Å²) in [6.45, 7) is 0. The molecule has 0 aliphatic rings. The number of H-pyrrole nitrogens is 1. The smallest absolute Gasteiger partial charge is 0.236 e. The maximum Gasteiger partial charge on any atom is 0.236 e. The van der Waals surface area contributed by atoms with Gasteiger partial charge in [0.15, 0.2) is 0 Å². The van der Waals surface area contributed by atoms with E-state index in [4.69, 9.17) is 5.73 Å². The molecule has 0 radical (unpaired) electrons. The lowest BCUT2D eigenvalue weighted by Gasteiger charge is -2.15. The lowest BCUT2D eigenvalue weighted by molar-refractivity contribution is -0.125. The highest BCUT2D eigenvalue weighted by molar-refractivity contribution is 5.78. The number of hydrogen-bond acceptors (Lipinski definition) is 4. The highest BCUT2D eigenvalue weighted by Gasteiger charge is 2.12. The number of aromatic nitrogens is 2. The van der Waals surface area contributed by atoms with Gasteiger partial charge in [-0.3, -0.25) is 10.2 Å². The van der Waals surface area contributed by atoms with Gasteiger partial charge in [-0.15, -0.1) is 0 Å². The van der Waals surface area contributed by atoms with Gasteiger partial charge in [-0.05, 0) is 17.7 Å². The van der Waals surface area contributed by atoms with Crippen LogP contribution in [0.2, 0.25) is 0 Å². The zero-order valence-corrected chi connectivity index (χ0v) is 10.5. The van der Waals surface area contributed by atoms with E-state index in [0.717, 1.165) is 16.6 Å². The van der Waals surface area contributed by atoms with Gasteiger partial charge in [-0.2, -0.15) is 0 Å². The lowest BCUT2D eigenvalue weighted by Crippen LogP contribution is -2.37. The Kier molecular flexibility index (Phi) is 3.59. The molecule has 1 aromatic carbocycles. The van der Waals surface area contributed by atoms with Gasteiger partial charge in [-0.1, -0.05) is 6.07 Å². The Morgan fingerprint density at radius 2 is 2.33 bits per heavy atom. The van der Waals surface area contributed by atoms with Crippen molar-refractivity contribution < 1.29 is 4.79 Å². The van der Waals surface area contributed by atoms with Crippen LogP contribution in [0, 0.1) is 0 Å². The third-order valence-corrected chi connectivity index (χ3v) is 2.63. The number of imidazole rings is 1. The van der Waals surface area contributed by atoms with E-state index in [1.54, 1.807) is 25.4 Å². The van der Waals surface area contributed by atoms with E-state index in [1.807, 2.05) is 18.2 Å². The molecule has 1 aromatic heterocycles. The fraction of sp³-hybridized carbons (Fsp3) is 0.333. The Labute approximate surface area is 105 Å². The maximum atomic E-state index is 11.6. The summed E-state index contributed by atoms with van der Waals surface area (Å²) >= 11 is 0. The molecule has 0 saturated heterocycles. The first kappa shape index (κ1) is 12.5. The molecular weight excluding hydrogens is 230 g/mol. The predicted octanol–water partition coefficient (Wildman–Crippen LogP) is 0.546. The Hall–Kier alpha value is -1.92. The Morgan fingerprint density at radius 1 is 1.56 bits per heavy atom. The van der Waals surface area contributed by atoms with Crippen molar-refractivity contribution in [2.45, 2.75) is 12.5 Å². The number of benzene rings is 1. The van der Waals surface area contributed by atoms with Crippen molar-refractivity contribution in [3.63, 3.8) is 0 Å². The molecule has 0 aliphatic carbocycles. The van der Waals surface area contributed by atoms with E-state index < -0.39 is 0 Å². The molecule has 1 amide bonds. The van der Waals surface area contributed by atoms with Gasteiger partial charge in [0.2, 0.25) is 5.91 Å². The summed E-state index contributed by atoms with van der Waals surface area (Å²) < 4.78 is 0. The first-order valence-corrected chi connectivity index (χ1v) is 5.71. The molecule has 2 aromatic rings. The number of fused-ring (bicyclic) bond motifs is 1. The molecule has 0 saturated carbocycles. The topological polar surface area (TPSA) is 87.0 Å². The number of carbonyl (C=O) groups is 1. The van der Waals surface area contributed by atoms with Gasteiger partial charge >= 0.3 is 0 Å². The van der Waals surface area contributed by atoms with Crippen LogP contribution in [0.1, 0.15) is 18.0 Å². The second kappa shape index (κ2) is 5.16. The van der Waals surface area contributed by atoms with Crippen molar-refractivity contribution in [3.05, 3.63) is 30.1 Å². The van der Waals surface area contributed by atoms with Crippen molar-refractivity contribution in [1.82, 2.24) is 20.4 Å². The largest absolute Gasteiger partial charge is 0.345 e. The molecule has 1 heterocycles. The highest BCUT2D eigenvalue weighted by Crippen LogP contribution is 2.18. The van der Waals surface area contributed by atoms with Crippen LogP contribution in [0.3, 0.4) is 0 Å². The molecule has 4 N–H and O–H groups in total. The SMILES string of the molecule is CN(C)NC(=O)CC(N)c1ccc2nc[nH]c2c1. The van der Waals surface area contributed by atoms with Crippen LogP contribution in [-0.2, 0) is 4.79 Å². The Bertz CT molecular complexity index is 548. The second-order valence-corrected chi connectivity index (χ2v) is 4.42. The molecule has 1 atom stereocenters. The first-order chi connectivity index (χ1) is 8.56. The summed E-state index contributed by atoms with van der Waals surface area (Å²) in [5.41, 5.74) is 11.4. The zero-order valence-electron chi connectivity index (χ0n) is 10.5. The molecule has 6 nitrogen and oxygen atoms in total. The van der Waals surface area contributed by atoms with Crippen molar-refractivity contribution in [1.29, 1.82) is 0 Å². The molecule has 2 rings (SSSR count). The van der Waals surface area contributed by atoms with E-state index in [0.29, 0.717) is 0 Å². The first-order valence-electron chi connectivity index (χ1n) is 5.71. The zero-order chi connectivity index (χ0) is 13.1. The number of carbonyl (C=O) groups excluding carboxylic acids is 1. The number of nitrogens with one attached hydrogen (secondary N) is 2. The highest BCUT2D eigenvalue weighted by atomic mass is 16.2. The summed E-state index contributed by atoms with van der Waals surface area (Å²) in [6.07, 6.45) is 1.89. The Morgan fingerprint density at radius 3 is 3.06 bits per heavy atom. The minimum absolute atomic E-state index is 0.0998. The summed E-state index contributed by atoms with van der Waals surface area (Å²) in [5.74, 6) is -0.0998. The van der Waals surface area contributed by atoms with Crippen LogP contribution < -0.4 is 11.2 Å². The molecule has 0 spiro atoms. The van der Waals surface area contributed by atoms with Gasteiger partial charge in [-0.25, -0.2) is 9.99 Å². The molecule has 96 valence electrons. The molecule has 0 fully saturated rings. The maximum absolute atomic E-state index is 11.6. The van der Waals surface area contributed by atoms with Gasteiger partial charge < -0.3 is 10.7 Å². The van der Waals surface area contributed by atoms with E-state index in [9.17, 15) is 4.79 Å². The van der Waals surface area contributed by atoms with Gasteiger partial charge in [0, 0.05) is 26.6 Å². The minimum atomic E-state index is -0.322. The predicted molar refractivity (Wildman–Crippen MR) is 69.5 cm³/mol. The van der Waals surface area contributed by atoms with Gasteiger partial charge in [0.25, 0.3) is 0 Å². The van der Waals surface area contributed by atoms with Crippen LogP contribution in [0.4, 0.5) is 0 Å². The second-order valence-electron chi connectivity index (χ2n) is 4.42. The third-order valence-electron chi connectivity index (χ3n) is 2.63. The minimum Gasteiger partial charge on any atom is -0.345 e. The average molecular weight is 247 g/mol.